The molecule has 1 saturated heterocycles. The zero-order valence-electron chi connectivity index (χ0n) is 14.3. The van der Waals surface area contributed by atoms with Gasteiger partial charge in [-0.25, -0.2) is 19.7 Å². The van der Waals surface area contributed by atoms with Crippen molar-refractivity contribution in [1.29, 1.82) is 0 Å². The number of carboxylic acids is 1. The molecule has 3 aromatic rings. The molecule has 0 saturated carbocycles. The molecule has 138 valence electrons. The molecule has 2 N–H and O–H groups in total. The first kappa shape index (κ1) is 17.4. The highest BCUT2D eigenvalue weighted by atomic mass is 32.1. The molecule has 4 rings (SSSR count). The maximum Gasteiger partial charge on any atom is 0.354 e. The van der Waals surface area contributed by atoms with Crippen LogP contribution in [-0.4, -0.2) is 52.3 Å². The van der Waals surface area contributed by atoms with E-state index in [1.807, 2.05) is 12.1 Å². The van der Waals surface area contributed by atoms with Crippen molar-refractivity contribution in [2.75, 3.05) is 36.5 Å². The van der Waals surface area contributed by atoms with Crippen molar-refractivity contribution < 1.29 is 14.6 Å². The third-order valence-electron chi connectivity index (χ3n) is 4.13. The summed E-state index contributed by atoms with van der Waals surface area (Å²) in [5.74, 6) is -0.321. The van der Waals surface area contributed by atoms with E-state index in [0.717, 1.165) is 48.2 Å². The number of pyridine rings is 2. The Morgan fingerprint density at radius 1 is 1.15 bits per heavy atom. The molecule has 8 nitrogen and oxygen atoms in total. The highest BCUT2D eigenvalue weighted by Crippen LogP contribution is 2.30. The maximum absolute atomic E-state index is 10.9. The lowest BCUT2D eigenvalue weighted by atomic mass is 10.2. The number of rotatable bonds is 5. The number of thiazole rings is 1. The lowest BCUT2D eigenvalue weighted by Gasteiger charge is -2.28. The van der Waals surface area contributed by atoms with Crippen LogP contribution in [0.2, 0.25) is 0 Å². The molecule has 1 aliphatic rings. The number of aromatic nitrogens is 3. The lowest BCUT2D eigenvalue weighted by Crippen LogP contribution is -2.36. The highest BCUT2D eigenvalue weighted by Gasteiger charge is 2.13. The van der Waals surface area contributed by atoms with E-state index in [2.05, 4.69) is 25.2 Å². The summed E-state index contributed by atoms with van der Waals surface area (Å²) in [6.07, 6.45) is 5.05. The van der Waals surface area contributed by atoms with Gasteiger partial charge in [0.25, 0.3) is 0 Å². The van der Waals surface area contributed by atoms with E-state index < -0.39 is 5.97 Å². The first-order chi connectivity index (χ1) is 13.2. The van der Waals surface area contributed by atoms with Crippen LogP contribution in [0.5, 0.6) is 0 Å². The summed E-state index contributed by atoms with van der Waals surface area (Å²) in [7, 11) is 0. The Morgan fingerprint density at radius 2 is 2.00 bits per heavy atom. The van der Waals surface area contributed by atoms with Crippen LogP contribution >= 0.6 is 11.3 Å². The fourth-order valence-electron chi connectivity index (χ4n) is 2.75. The quantitative estimate of drug-likeness (QED) is 0.694. The molecule has 0 radical (unpaired) electrons. The molecule has 0 amide bonds. The van der Waals surface area contributed by atoms with Crippen LogP contribution in [0.4, 0.5) is 16.6 Å². The predicted octanol–water partition coefficient (Wildman–Crippen LogP) is 2.88. The molecule has 9 heteroatoms. The van der Waals surface area contributed by atoms with Gasteiger partial charge in [-0.05, 0) is 18.2 Å². The van der Waals surface area contributed by atoms with Crippen LogP contribution in [0.1, 0.15) is 10.5 Å². The number of hydrogen-bond acceptors (Lipinski definition) is 8. The molecule has 27 heavy (non-hydrogen) atoms. The molecule has 4 heterocycles. The number of ether oxygens (including phenoxy) is 1. The zero-order valence-corrected chi connectivity index (χ0v) is 15.1. The van der Waals surface area contributed by atoms with Crippen molar-refractivity contribution in [3.05, 3.63) is 48.5 Å². The number of anilines is 3. The lowest BCUT2D eigenvalue weighted by molar-refractivity contribution is 0.0690. The monoisotopic (exact) mass is 383 g/mol. The molecule has 0 spiro atoms. The van der Waals surface area contributed by atoms with Crippen molar-refractivity contribution in [2.45, 2.75) is 0 Å². The van der Waals surface area contributed by atoms with E-state index in [-0.39, 0.29) is 5.69 Å². The number of nitrogens with one attached hydrogen (secondary N) is 1. The van der Waals surface area contributed by atoms with Gasteiger partial charge in [0.15, 0.2) is 5.13 Å². The van der Waals surface area contributed by atoms with Crippen LogP contribution in [-0.2, 0) is 4.74 Å². The minimum Gasteiger partial charge on any atom is -0.477 e. The number of hydrogen-bond donors (Lipinski definition) is 2. The van der Waals surface area contributed by atoms with Gasteiger partial charge >= 0.3 is 5.97 Å². The van der Waals surface area contributed by atoms with Gasteiger partial charge < -0.3 is 20.1 Å². The Balaban J connectivity index is 1.48. The molecule has 0 atom stereocenters. The van der Waals surface area contributed by atoms with E-state index in [4.69, 9.17) is 9.84 Å². The number of carbonyl (C=O) groups is 1. The second kappa shape index (κ2) is 7.68. The zero-order chi connectivity index (χ0) is 18.6. The molecular weight excluding hydrogens is 366 g/mol. The number of morpholine rings is 1. The average molecular weight is 383 g/mol. The van der Waals surface area contributed by atoms with Gasteiger partial charge in [-0.3, -0.25) is 0 Å². The Hall–Kier alpha value is -3.04. The first-order valence-corrected chi connectivity index (χ1v) is 9.22. The van der Waals surface area contributed by atoms with Crippen LogP contribution in [0.3, 0.4) is 0 Å². The molecule has 0 aliphatic carbocycles. The Morgan fingerprint density at radius 3 is 2.74 bits per heavy atom. The highest BCUT2D eigenvalue weighted by molar-refractivity contribution is 7.18. The summed E-state index contributed by atoms with van der Waals surface area (Å²) in [5.41, 5.74) is 1.94. The first-order valence-electron chi connectivity index (χ1n) is 8.40. The van der Waals surface area contributed by atoms with Crippen molar-refractivity contribution in [2.24, 2.45) is 0 Å². The van der Waals surface area contributed by atoms with Gasteiger partial charge in [-0.2, -0.15) is 0 Å². The van der Waals surface area contributed by atoms with E-state index in [9.17, 15) is 4.79 Å². The van der Waals surface area contributed by atoms with E-state index in [1.165, 1.54) is 23.6 Å². The summed E-state index contributed by atoms with van der Waals surface area (Å²) < 4.78 is 5.39. The normalized spacial score (nSPS) is 14.1. The van der Waals surface area contributed by atoms with E-state index in [0.29, 0.717) is 5.13 Å². The van der Waals surface area contributed by atoms with Crippen molar-refractivity contribution in [1.82, 2.24) is 15.0 Å². The Kier molecular flexibility index (Phi) is 4.95. The standard InChI is InChI=1S/C18H17N5O3S/c24-17(25)14-2-1-12(10-20-14)15-11-21-18(27-15)22-16-9-13(3-4-19-16)23-5-7-26-8-6-23/h1-4,9-11H,5-8H2,(H,24,25)(H,19,21,22). The van der Waals surface area contributed by atoms with Gasteiger partial charge in [0.05, 0.1) is 18.1 Å². The van der Waals surface area contributed by atoms with Crippen LogP contribution in [0.25, 0.3) is 10.4 Å². The van der Waals surface area contributed by atoms with Crippen LogP contribution < -0.4 is 10.2 Å². The average Bonchev–Trinajstić information content (AvgIpc) is 3.17. The van der Waals surface area contributed by atoms with Crippen LogP contribution in [0, 0.1) is 0 Å². The summed E-state index contributed by atoms with van der Waals surface area (Å²) in [6, 6.07) is 7.19. The number of nitrogens with zero attached hydrogens (tertiary/aromatic N) is 4. The second-order valence-corrected chi connectivity index (χ2v) is 6.92. The fraction of sp³-hybridized carbons (Fsp3) is 0.222. The molecule has 1 fully saturated rings. The van der Waals surface area contributed by atoms with Gasteiger partial charge in [0.2, 0.25) is 0 Å². The minimum atomic E-state index is -1.04. The molecule has 3 aromatic heterocycles. The van der Waals surface area contributed by atoms with Crippen molar-refractivity contribution in [3.63, 3.8) is 0 Å². The third-order valence-corrected chi connectivity index (χ3v) is 5.09. The smallest absolute Gasteiger partial charge is 0.354 e. The van der Waals surface area contributed by atoms with Gasteiger partial charge in [0, 0.05) is 49.0 Å². The minimum absolute atomic E-state index is 0.0192. The van der Waals surface area contributed by atoms with Gasteiger partial charge in [0.1, 0.15) is 11.5 Å². The number of carboxylic acid groups (broad SMARTS) is 1. The summed E-state index contributed by atoms with van der Waals surface area (Å²) in [6.45, 7) is 3.19. The van der Waals surface area contributed by atoms with Gasteiger partial charge in [-0.1, -0.05) is 11.3 Å². The SMILES string of the molecule is O=C(O)c1ccc(-c2cnc(Nc3cc(N4CCOCC4)ccn3)s2)cn1. The molecule has 1 aliphatic heterocycles. The van der Waals surface area contributed by atoms with Crippen molar-refractivity contribution >= 4 is 33.9 Å². The third kappa shape index (κ3) is 4.04. The summed E-state index contributed by atoms with van der Waals surface area (Å²) in [5, 5.41) is 12.9. The van der Waals surface area contributed by atoms with Crippen molar-refractivity contribution in [3.8, 4) is 10.4 Å². The molecule has 0 aromatic carbocycles. The van der Waals surface area contributed by atoms with E-state index in [1.54, 1.807) is 18.5 Å². The summed E-state index contributed by atoms with van der Waals surface area (Å²) >= 11 is 1.45. The van der Waals surface area contributed by atoms with Crippen LogP contribution in [0.15, 0.2) is 42.9 Å². The number of aromatic carboxylic acids is 1. The Bertz CT molecular complexity index is 938. The summed E-state index contributed by atoms with van der Waals surface area (Å²) in [4.78, 5) is 26.7. The molecule has 0 bridgehead atoms. The predicted molar refractivity (Wildman–Crippen MR) is 103 cm³/mol. The topological polar surface area (TPSA) is 100 Å². The van der Waals surface area contributed by atoms with E-state index >= 15 is 0 Å². The fourth-order valence-corrected chi connectivity index (χ4v) is 3.56. The Labute approximate surface area is 159 Å². The van der Waals surface area contributed by atoms with Gasteiger partial charge in [-0.15, -0.1) is 0 Å². The largest absolute Gasteiger partial charge is 0.477 e. The molecular formula is C18H17N5O3S. The second-order valence-electron chi connectivity index (χ2n) is 5.89. The maximum atomic E-state index is 10.9. The molecule has 0 unspecified atom stereocenters.